The quantitative estimate of drug-likeness (QED) is 0.436. The number of hydrogen-bond acceptors (Lipinski definition) is 7. The summed E-state index contributed by atoms with van der Waals surface area (Å²) in [7, 11) is -3.33. The molecule has 7 nitrogen and oxygen atoms in total. The van der Waals surface area contributed by atoms with E-state index in [2.05, 4.69) is 4.90 Å². The lowest BCUT2D eigenvalue weighted by atomic mass is 10.2. The second-order valence-electron chi connectivity index (χ2n) is 8.21. The molecule has 0 N–H and O–H groups in total. The third kappa shape index (κ3) is 5.44. The lowest BCUT2D eigenvalue weighted by Gasteiger charge is -2.27. The molecule has 1 saturated heterocycles. The molecule has 34 heavy (non-hydrogen) atoms. The summed E-state index contributed by atoms with van der Waals surface area (Å²) in [5.74, 6) is -0.188. The highest BCUT2D eigenvalue weighted by atomic mass is 35.5. The summed E-state index contributed by atoms with van der Waals surface area (Å²) in [5.41, 5.74) is 2.11. The molecule has 0 saturated carbocycles. The molecule has 1 aromatic heterocycles. The van der Waals surface area contributed by atoms with Crippen LogP contribution >= 0.6 is 22.9 Å². The number of carbonyl (C=O) groups excluding carboxylic acids is 1. The van der Waals surface area contributed by atoms with Crippen LogP contribution < -0.4 is 4.90 Å². The van der Waals surface area contributed by atoms with Gasteiger partial charge in [-0.1, -0.05) is 29.9 Å². The van der Waals surface area contributed by atoms with Gasteiger partial charge < -0.3 is 4.74 Å². The Balaban J connectivity index is 1.61. The van der Waals surface area contributed by atoms with Crippen molar-refractivity contribution in [3.05, 3.63) is 52.5 Å². The van der Waals surface area contributed by atoms with Crippen LogP contribution in [0.5, 0.6) is 0 Å². The van der Waals surface area contributed by atoms with Crippen molar-refractivity contribution in [2.24, 2.45) is 0 Å². The third-order valence-corrected chi connectivity index (χ3v) is 9.22. The SMILES string of the molecule is CCS(=O)(=O)c1ccc(C(=O)N(CCCN2CCOCC2)c2nc3c(C)c(Cl)ccc3s2)cc1. The molecule has 10 heteroatoms. The van der Waals surface area contributed by atoms with Gasteiger partial charge in [0.15, 0.2) is 15.0 Å². The molecule has 1 aliphatic heterocycles. The molecule has 182 valence electrons. The average Bonchev–Trinajstić information content (AvgIpc) is 3.29. The average molecular weight is 522 g/mol. The van der Waals surface area contributed by atoms with Crippen LogP contribution in [0.15, 0.2) is 41.3 Å². The van der Waals surface area contributed by atoms with E-state index < -0.39 is 9.84 Å². The van der Waals surface area contributed by atoms with Gasteiger partial charge in [-0.15, -0.1) is 0 Å². The number of aromatic nitrogens is 1. The molecule has 0 atom stereocenters. The minimum absolute atomic E-state index is 0.0154. The molecule has 0 aliphatic carbocycles. The molecule has 0 bridgehead atoms. The normalized spacial score (nSPS) is 15.0. The fraction of sp³-hybridized carbons (Fsp3) is 0.417. The van der Waals surface area contributed by atoms with Gasteiger partial charge in [-0.05, 0) is 55.3 Å². The molecule has 3 aromatic rings. The number of rotatable bonds is 8. The maximum absolute atomic E-state index is 13.6. The number of hydrogen-bond donors (Lipinski definition) is 0. The van der Waals surface area contributed by atoms with E-state index in [1.54, 1.807) is 24.0 Å². The van der Waals surface area contributed by atoms with Crippen molar-refractivity contribution in [3.63, 3.8) is 0 Å². The minimum Gasteiger partial charge on any atom is -0.379 e. The summed E-state index contributed by atoms with van der Waals surface area (Å²) in [6.07, 6.45) is 0.781. The number of carbonyl (C=O) groups is 1. The number of amides is 1. The van der Waals surface area contributed by atoms with Crippen molar-refractivity contribution in [1.82, 2.24) is 9.88 Å². The van der Waals surface area contributed by atoms with Gasteiger partial charge >= 0.3 is 0 Å². The molecular weight excluding hydrogens is 494 g/mol. The number of nitrogens with zero attached hydrogens (tertiary/aromatic N) is 3. The molecule has 4 rings (SSSR count). The summed E-state index contributed by atoms with van der Waals surface area (Å²) < 4.78 is 30.7. The molecule has 0 spiro atoms. The number of ether oxygens (including phenoxy) is 1. The van der Waals surface area contributed by atoms with E-state index in [0.717, 1.165) is 55.0 Å². The topological polar surface area (TPSA) is 79.8 Å². The molecule has 2 heterocycles. The van der Waals surface area contributed by atoms with Gasteiger partial charge in [0.2, 0.25) is 0 Å². The maximum Gasteiger partial charge on any atom is 0.260 e. The van der Waals surface area contributed by atoms with Crippen molar-refractivity contribution >= 4 is 54.0 Å². The predicted octanol–water partition coefficient (Wildman–Crippen LogP) is 4.42. The zero-order valence-electron chi connectivity index (χ0n) is 19.3. The summed E-state index contributed by atoms with van der Waals surface area (Å²) in [6, 6.07) is 9.93. The zero-order chi connectivity index (χ0) is 24.3. The van der Waals surface area contributed by atoms with Crippen LogP contribution in [-0.2, 0) is 14.6 Å². The van der Waals surface area contributed by atoms with E-state index in [-0.39, 0.29) is 16.6 Å². The Bertz CT molecular complexity index is 1270. The molecule has 1 aliphatic rings. The van der Waals surface area contributed by atoms with E-state index in [0.29, 0.717) is 22.3 Å². The zero-order valence-corrected chi connectivity index (χ0v) is 21.7. The second kappa shape index (κ2) is 10.7. The Hall–Kier alpha value is -2.04. The number of morpholine rings is 1. The van der Waals surface area contributed by atoms with E-state index in [1.165, 1.54) is 23.5 Å². The summed E-state index contributed by atoms with van der Waals surface area (Å²) in [5, 5.41) is 1.25. The van der Waals surface area contributed by atoms with Gasteiger partial charge in [-0.2, -0.15) is 0 Å². The smallest absolute Gasteiger partial charge is 0.260 e. The number of aryl methyl sites for hydroxylation is 1. The molecule has 0 radical (unpaired) electrons. The van der Waals surface area contributed by atoms with Gasteiger partial charge in [0.1, 0.15) is 0 Å². The fourth-order valence-electron chi connectivity index (χ4n) is 3.89. The standard InChI is InChI=1S/C24H28ClN3O4S2/c1-3-34(30,31)19-7-5-18(6-8-19)23(29)28(12-4-11-27-13-15-32-16-14-27)24-26-22-17(2)20(25)9-10-21(22)33-24/h5-10H,3-4,11-16H2,1-2H3. The fourth-order valence-corrected chi connectivity index (χ4v) is 5.98. The molecule has 1 fully saturated rings. The maximum atomic E-state index is 13.6. The molecule has 1 amide bonds. The first kappa shape index (κ1) is 25.1. The number of fused-ring (bicyclic) bond motifs is 1. The lowest BCUT2D eigenvalue weighted by molar-refractivity contribution is 0.0376. The van der Waals surface area contributed by atoms with E-state index in [9.17, 15) is 13.2 Å². The Morgan fingerprint density at radius 3 is 2.56 bits per heavy atom. The van der Waals surface area contributed by atoms with Crippen LogP contribution in [0.4, 0.5) is 5.13 Å². The van der Waals surface area contributed by atoms with E-state index in [4.69, 9.17) is 21.3 Å². The van der Waals surface area contributed by atoms with Crippen LogP contribution in [0.25, 0.3) is 10.2 Å². The van der Waals surface area contributed by atoms with Crippen molar-refractivity contribution in [2.75, 3.05) is 50.0 Å². The van der Waals surface area contributed by atoms with Crippen molar-refractivity contribution in [3.8, 4) is 0 Å². The number of benzene rings is 2. The summed E-state index contributed by atoms with van der Waals surface area (Å²) in [6.45, 7) is 8.12. The van der Waals surface area contributed by atoms with Crippen LogP contribution in [0.1, 0.15) is 29.3 Å². The van der Waals surface area contributed by atoms with Gasteiger partial charge in [0.25, 0.3) is 5.91 Å². The molecule has 0 unspecified atom stereocenters. The molecule has 2 aromatic carbocycles. The van der Waals surface area contributed by atoms with Crippen LogP contribution in [0, 0.1) is 6.92 Å². The van der Waals surface area contributed by atoms with E-state index in [1.807, 2.05) is 19.1 Å². The van der Waals surface area contributed by atoms with Crippen molar-refractivity contribution in [2.45, 2.75) is 25.2 Å². The Kier molecular flexibility index (Phi) is 7.89. The van der Waals surface area contributed by atoms with Crippen molar-refractivity contribution < 1.29 is 17.9 Å². The number of anilines is 1. The highest BCUT2D eigenvalue weighted by Gasteiger charge is 2.23. The monoisotopic (exact) mass is 521 g/mol. The van der Waals surface area contributed by atoms with Gasteiger partial charge in [-0.3, -0.25) is 14.6 Å². The summed E-state index contributed by atoms with van der Waals surface area (Å²) >= 11 is 7.74. The number of thiazole rings is 1. The first-order valence-electron chi connectivity index (χ1n) is 11.3. The van der Waals surface area contributed by atoms with Gasteiger partial charge in [0.05, 0.1) is 34.1 Å². The van der Waals surface area contributed by atoms with Crippen LogP contribution in [0.3, 0.4) is 0 Å². The van der Waals surface area contributed by atoms with Crippen LogP contribution in [-0.4, -0.2) is 69.4 Å². The lowest BCUT2D eigenvalue weighted by Crippen LogP contribution is -2.39. The largest absolute Gasteiger partial charge is 0.379 e. The number of sulfone groups is 1. The first-order valence-corrected chi connectivity index (χ1v) is 14.2. The summed E-state index contributed by atoms with van der Waals surface area (Å²) in [4.78, 5) is 22.6. The third-order valence-electron chi connectivity index (χ3n) is 6.01. The highest BCUT2D eigenvalue weighted by molar-refractivity contribution is 7.91. The van der Waals surface area contributed by atoms with Crippen molar-refractivity contribution in [1.29, 1.82) is 0 Å². The number of halogens is 1. The Morgan fingerprint density at radius 2 is 1.88 bits per heavy atom. The van der Waals surface area contributed by atoms with E-state index >= 15 is 0 Å². The molecular formula is C24H28ClN3O4S2. The second-order valence-corrected chi connectivity index (χ2v) is 11.9. The van der Waals surface area contributed by atoms with Gasteiger partial charge in [-0.25, -0.2) is 13.4 Å². The Morgan fingerprint density at radius 1 is 1.18 bits per heavy atom. The highest BCUT2D eigenvalue weighted by Crippen LogP contribution is 2.34. The minimum atomic E-state index is -3.33. The first-order chi connectivity index (χ1) is 16.3. The predicted molar refractivity (Wildman–Crippen MR) is 137 cm³/mol. The van der Waals surface area contributed by atoms with Crippen LogP contribution in [0.2, 0.25) is 5.02 Å². The van der Waals surface area contributed by atoms with Gasteiger partial charge in [0, 0.05) is 36.8 Å². The Labute approximate surface area is 209 Å².